The number of hydrogen-bond donors (Lipinski definition) is 4. The van der Waals surface area contributed by atoms with Crippen LogP contribution in [0.2, 0.25) is 5.02 Å². The summed E-state index contributed by atoms with van der Waals surface area (Å²) >= 11 is 6.44. The molecule has 1 aromatic heterocycles. The topological polar surface area (TPSA) is 129 Å². The zero-order valence-corrected chi connectivity index (χ0v) is 23.8. The van der Waals surface area contributed by atoms with E-state index in [0.29, 0.717) is 51.0 Å². The fourth-order valence-corrected chi connectivity index (χ4v) is 4.05. The van der Waals surface area contributed by atoms with E-state index in [1.165, 1.54) is 24.5 Å². The number of amides is 2. The van der Waals surface area contributed by atoms with Crippen molar-refractivity contribution in [3.63, 3.8) is 0 Å². The number of rotatable bonds is 12. The van der Waals surface area contributed by atoms with Crippen molar-refractivity contribution >= 4 is 51.5 Å². The number of halogens is 2. The molecule has 218 valence electrons. The second kappa shape index (κ2) is 14.2. The molecule has 0 bridgehead atoms. The number of ether oxygens (including phenoxy) is 1. The molecule has 10 nitrogen and oxygen atoms in total. The standard InChI is InChI=1S/C30H30ClFN6O4/c1-38(2)13-11-26(39)30(41)33-12-10-28(40)36-21-6-8-25-23(15-21)29(35-18-34-25)37-22-7-9-27(24(31)16-22)42-17-19-4-3-5-20(32)14-19/h3-9,11,14-16,18,39H,10,12-13,17H2,1-2H3,(H,33,41)(H,36,40)(H,34,35,37). The average Bonchev–Trinajstić information content (AvgIpc) is 2.95. The number of carbonyl (C=O) groups is 2. The predicted octanol–water partition coefficient (Wildman–Crippen LogP) is 5.19. The van der Waals surface area contributed by atoms with Crippen molar-refractivity contribution in [2.45, 2.75) is 13.0 Å². The Labute approximate surface area is 247 Å². The van der Waals surface area contributed by atoms with Gasteiger partial charge in [-0.2, -0.15) is 0 Å². The molecule has 1 heterocycles. The third-order valence-electron chi connectivity index (χ3n) is 5.92. The van der Waals surface area contributed by atoms with Crippen molar-refractivity contribution in [2.24, 2.45) is 0 Å². The fourth-order valence-electron chi connectivity index (χ4n) is 3.82. The molecule has 0 atom stereocenters. The number of nitrogens with one attached hydrogen (secondary N) is 3. The van der Waals surface area contributed by atoms with E-state index in [1.54, 1.807) is 53.4 Å². The third kappa shape index (κ3) is 8.63. The molecular formula is C30H30ClFN6O4. The lowest BCUT2D eigenvalue weighted by Crippen LogP contribution is -2.29. The highest BCUT2D eigenvalue weighted by molar-refractivity contribution is 6.32. The first-order chi connectivity index (χ1) is 20.2. The van der Waals surface area contributed by atoms with Gasteiger partial charge in [-0.25, -0.2) is 14.4 Å². The van der Waals surface area contributed by atoms with Gasteiger partial charge in [0.15, 0.2) is 5.76 Å². The van der Waals surface area contributed by atoms with Gasteiger partial charge in [0, 0.05) is 36.3 Å². The number of carbonyl (C=O) groups excluding carboxylic acids is 2. The molecule has 4 aromatic rings. The van der Waals surface area contributed by atoms with Crippen molar-refractivity contribution in [1.82, 2.24) is 20.2 Å². The van der Waals surface area contributed by atoms with E-state index < -0.39 is 11.7 Å². The van der Waals surface area contributed by atoms with Crippen molar-refractivity contribution in [3.8, 4) is 5.75 Å². The van der Waals surface area contributed by atoms with Crippen LogP contribution in [0.4, 0.5) is 21.6 Å². The lowest BCUT2D eigenvalue weighted by Gasteiger charge is -2.13. The second-order valence-electron chi connectivity index (χ2n) is 9.55. The summed E-state index contributed by atoms with van der Waals surface area (Å²) in [5.41, 5.74) is 2.50. The summed E-state index contributed by atoms with van der Waals surface area (Å²) in [5.74, 6) is -0.762. The molecule has 0 radical (unpaired) electrons. The first-order valence-electron chi connectivity index (χ1n) is 13.0. The summed E-state index contributed by atoms with van der Waals surface area (Å²) in [6.45, 7) is 0.627. The molecule has 0 aliphatic carbocycles. The van der Waals surface area contributed by atoms with Crippen LogP contribution in [0.5, 0.6) is 5.75 Å². The minimum Gasteiger partial charge on any atom is -0.503 e. The van der Waals surface area contributed by atoms with Crippen molar-refractivity contribution in [3.05, 3.63) is 95.2 Å². The van der Waals surface area contributed by atoms with Crippen LogP contribution in [-0.2, 0) is 16.2 Å². The zero-order valence-electron chi connectivity index (χ0n) is 23.0. The van der Waals surface area contributed by atoms with Crippen molar-refractivity contribution in [2.75, 3.05) is 37.8 Å². The van der Waals surface area contributed by atoms with Gasteiger partial charge >= 0.3 is 0 Å². The van der Waals surface area contributed by atoms with Crippen LogP contribution in [-0.4, -0.2) is 59.0 Å². The molecule has 0 aliphatic rings. The van der Waals surface area contributed by atoms with Gasteiger partial charge in [0.25, 0.3) is 5.91 Å². The lowest BCUT2D eigenvalue weighted by atomic mass is 10.2. The number of nitrogens with zero attached hydrogens (tertiary/aromatic N) is 3. The first kappa shape index (κ1) is 30.2. The third-order valence-corrected chi connectivity index (χ3v) is 6.21. The van der Waals surface area contributed by atoms with Gasteiger partial charge in [0.05, 0.1) is 10.5 Å². The van der Waals surface area contributed by atoms with Gasteiger partial charge in [-0.1, -0.05) is 23.7 Å². The summed E-state index contributed by atoms with van der Waals surface area (Å²) in [4.78, 5) is 34.9. The van der Waals surface area contributed by atoms with Crippen LogP contribution in [0.3, 0.4) is 0 Å². The van der Waals surface area contributed by atoms with Crippen LogP contribution < -0.4 is 20.7 Å². The van der Waals surface area contributed by atoms with Gasteiger partial charge in [-0.05, 0) is 74.3 Å². The number of hydrogen-bond acceptors (Lipinski definition) is 8. The maximum absolute atomic E-state index is 13.4. The summed E-state index contributed by atoms with van der Waals surface area (Å²) in [6, 6.07) is 16.5. The van der Waals surface area contributed by atoms with Gasteiger partial charge in [0.2, 0.25) is 5.91 Å². The minimum absolute atomic E-state index is 0.00721. The predicted molar refractivity (Wildman–Crippen MR) is 161 cm³/mol. The molecule has 2 amide bonds. The Morgan fingerprint density at radius 2 is 1.88 bits per heavy atom. The summed E-state index contributed by atoms with van der Waals surface area (Å²) < 4.78 is 19.2. The molecule has 0 saturated heterocycles. The smallest absolute Gasteiger partial charge is 0.285 e. The Morgan fingerprint density at radius 3 is 2.64 bits per heavy atom. The zero-order chi connectivity index (χ0) is 30.1. The van der Waals surface area contributed by atoms with E-state index in [0.717, 1.165) is 0 Å². The van der Waals surface area contributed by atoms with E-state index >= 15 is 0 Å². The number of aliphatic hydroxyl groups excluding tert-OH is 1. The monoisotopic (exact) mass is 592 g/mol. The highest BCUT2D eigenvalue weighted by Crippen LogP contribution is 2.31. The van der Waals surface area contributed by atoms with E-state index in [1.807, 2.05) is 14.1 Å². The summed E-state index contributed by atoms with van der Waals surface area (Å²) in [6.07, 6.45) is 2.82. The number of aromatic nitrogens is 2. The maximum Gasteiger partial charge on any atom is 0.285 e. The number of aliphatic hydroxyl groups is 1. The van der Waals surface area contributed by atoms with Gasteiger partial charge < -0.3 is 30.7 Å². The molecule has 0 saturated carbocycles. The molecule has 4 N–H and O–H groups in total. The Balaban J connectivity index is 1.37. The van der Waals surface area contributed by atoms with Crippen molar-refractivity contribution < 1.29 is 23.8 Å². The van der Waals surface area contributed by atoms with E-state index in [-0.39, 0.29) is 31.3 Å². The van der Waals surface area contributed by atoms with Crippen molar-refractivity contribution in [1.29, 1.82) is 0 Å². The molecule has 0 unspecified atom stereocenters. The molecule has 0 spiro atoms. The molecule has 12 heteroatoms. The molecule has 42 heavy (non-hydrogen) atoms. The quantitative estimate of drug-likeness (QED) is 0.131. The number of anilines is 3. The average molecular weight is 593 g/mol. The number of benzene rings is 3. The largest absolute Gasteiger partial charge is 0.503 e. The SMILES string of the molecule is CN(C)CC=C(O)C(=O)NCCC(=O)Nc1ccc2ncnc(Nc3ccc(OCc4cccc(F)c4)c(Cl)c3)c2c1. The van der Waals surface area contributed by atoms with Gasteiger partial charge in [-0.15, -0.1) is 0 Å². The van der Waals surface area contributed by atoms with Gasteiger partial charge in [-0.3, -0.25) is 9.59 Å². The summed E-state index contributed by atoms with van der Waals surface area (Å²) in [7, 11) is 3.62. The Bertz CT molecular complexity index is 1610. The molecule has 0 aliphatic heterocycles. The Kier molecular flexibility index (Phi) is 10.2. The Morgan fingerprint density at radius 1 is 1.07 bits per heavy atom. The Hall–Kier alpha value is -4.74. The molecule has 0 fully saturated rings. The maximum atomic E-state index is 13.4. The molecular weight excluding hydrogens is 563 g/mol. The van der Waals surface area contributed by atoms with Gasteiger partial charge in [0.1, 0.15) is 30.3 Å². The fraction of sp³-hybridized carbons (Fsp3) is 0.200. The van der Waals surface area contributed by atoms with E-state index in [4.69, 9.17) is 16.3 Å². The summed E-state index contributed by atoms with van der Waals surface area (Å²) in [5, 5.41) is 19.3. The first-order valence-corrected chi connectivity index (χ1v) is 13.4. The highest BCUT2D eigenvalue weighted by Gasteiger charge is 2.11. The molecule has 3 aromatic carbocycles. The van der Waals surface area contributed by atoms with Crippen LogP contribution in [0.15, 0.2) is 78.8 Å². The number of likely N-dealkylation sites (N-methyl/N-ethyl adjacent to an activating group) is 1. The second-order valence-corrected chi connectivity index (χ2v) is 9.96. The van der Waals surface area contributed by atoms with Crippen LogP contribution >= 0.6 is 11.6 Å². The normalized spacial score (nSPS) is 11.4. The lowest BCUT2D eigenvalue weighted by molar-refractivity contribution is -0.120. The minimum atomic E-state index is -0.644. The van der Waals surface area contributed by atoms with E-state index in [2.05, 4.69) is 25.9 Å². The van der Waals surface area contributed by atoms with Crippen LogP contribution in [0.25, 0.3) is 10.9 Å². The number of fused-ring (bicyclic) bond motifs is 1. The van der Waals surface area contributed by atoms with Crippen LogP contribution in [0.1, 0.15) is 12.0 Å². The molecule has 4 rings (SSSR count). The van der Waals surface area contributed by atoms with Crippen LogP contribution in [0, 0.1) is 5.82 Å². The highest BCUT2D eigenvalue weighted by atomic mass is 35.5. The van der Waals surface area contributed by atoms with E-state index in [9.17, 15) is 19.1 Å².